The molecule has 1 fully saturated rings. The van der Waals surface area contributed by atoms with Crippen LogP contribution in [-0.4, -0.2) is 12.2 Å². The summed E-state index contributed by atoms with van der Waals surface area (Å²) in [7, 11) is 1.56. The molecule has 0 radical (unpaired) electrons. The van der Waals surface area contributed by atoms with Crippen molar-refractivity contribution in [3.8, 4) is 11.5 Å². The maximum Gasteiger partial charge on any atom is 0.160 e. The van der Waals surface area contributed by atoms with Crippen molar-refractivity contribution < 1.29 is 9.84 Å². The Labute approximate surface area is 116 Å². The fourth-order valence-electron chi connectivity index (χ4n) is 2.28. The third kappa shape index (κ3) is 2.68. The molecule has 0 bridgehead atoms. The fraction of sp³-hybridized carbons (Fsp3) is 0.333. The third-order valence-electron chi connectivity index (χ3n) is 3.44. The largest absolute Gasteiger partial charge is 0.504 e. The van der Waals surface area contributed by atoms with Crippen molar-refractivity contribution in [2.24, 2.45) is 5.92 Å². The van der Waals surface area contributed by atoms with Crippen molar-refractivity contribution in [1.29, 1.82) is 0 Å². The van der Waals surface area contributed by atoms with Gasteiger partial charge in [-0.1, -0.05) is 6.07 Å². The molecule has 3 nitrogen and oxygen atoms in total. The minimum atomic E-state index is 0.174. The molecule has 1 unspecified atom stereocenters. The molecule has 1 aromatic carbocycles. The van der Waals surface area contributed by atoms with Crippen LogP contribution in [0.3, 0.4) is 0 Å². The molecule has 1 heterocycles. The first kappa shape index (κ1) is 12.4. The predicted octanol–water partition coefficient (Wildman–Crippen LogP) is 4.03. The molecule has 1 aliphatic rings. The van der Waals surface area contributed by atoms with Gasteiger partial charge in [-0.3, -0.25) is 0 Å². The summed E-state index contributed by atoms with van der Waals surface area (Å²) in [6, 6.07) is 10.1. The van der Waals surface area contributed by atoms with E-state index < -0.39 is 0 Å². The molecule has 1 atom stereocenters. The van der Waals surface area contributed by atoms with E-state index in [0.29, 0.717) is 17.7 Å². The lowest BCUT2D eigenvalue weighted by Crippen LogP contribution is -2.11. The highest BCUT2D eigenvalue weighted by molar-refractivity contribution is 7.10. The summed E-state index contributed by atoms with van der Waals surface area (Å²) in [4.78, 5) is 1.36. The van der Waals surface area contributed by atoms with E-state index in [1.54, 1.807) is 30.6 Å². The first-order chi connectivity index (χ1) is 9.28. The lowest BCUT2D eigenvalue weighted by atomic mass is 10.1. The van der Waals surface area contributed by atoms with Crippen LogP contribution in [0, 0.1) is 5.92 Å². The molecule has 0 amide bonds. The van der Waals surface area contributed by atoms with E-state index >= 15 is 0 Å². The number of aromatic hydroxyl groups is 1. The Morgan fingerprint density at radius 3 is 2.79 bits per heavy atom. The number of hydrogen-bond donors (Lipinski definition) is 2. The average molecular weight is 275 g/mol. The Bertz CT molecular complexity index is 549. The summed E-state index contributed by atoms with van der Waals surface area (Å²) in [6.07, 6.45) is 2.55. The van der Waals surface area contributed by atoms with Crippen LogP contribution in [0.1, 0.15) is 23.8 Å². The van der Waals surface area contributed by atoms with Crippen LogP contribution in [-0.2, 0) is 0 Å². The zero-order valence-corrected chi connectivity index (χ0v) is 11.6. The molecule has 4 heteroatoms. The summed E-state index contributed by atoms with van der Waals surface area (Å²) in [5.41, 5.74) is 0.934. The van der Waals surface area contributed by atoms with Gasteiger partial charge < -0.3 is 15.2 Å². The molecule has 2 N–H and O–H groups in total. The van der Waals surface area contributed by atoms with Gasteiger partial charge in [0, 0.05) is 16.6 Å². The van der Waals surface area contributed by atoms with E-state index in [9.17, 15) is 5.11 Å². The maximum absolute atomic E-state index is 9.83. The zero-order chi connectivity index (χ0) is 13.2. The van der Waals surface area contributed by atoms with Gasteiger partial charge in [0.2, 0.25) is 0 Å². The number of anilines is 1. The molecule has 0 spiro atoms. The van der Waals surface area contributed by atoms with Gasteiger partial charge in [0.1, 0.15) is 0 Å². The molecule has 100 valence electrons. The van der Waals surface area contributed by atoms with Gasteiger partial charge in [-0.05, 0) is 42.3 Å². The van der Waals surface area contributed by atoms with E-state index in [2.05, 4.69) is 22.8 Å². The van der Waals surface area contributed by atoms with E-state index in [4.69, 9.17) is 4.74 Å². The number of benzene rings is 1. The lowest BCUT2D eigenvalue weighted by molar-refractivity contribution is 0.373. The predicted molar refractivity (Wildman–Crippen MR) is 78.1 cm³/mol. The van der Waals surface area contributed by atoms with Crippen LogP contribution in [0.25, 0.3) is 0 Å². The second kappa shape index (κ2) is 5.13. The van der Waals surface area contributed by atoms with Gasteiger partial charge in [0.05, 0.1) is 13.2 Å². The summed E-state index contributed by atoms with van der Waals surface area (Å²) in [5, 5.41) is 15.5. The van der Waals surface area contributed by atoms with Crippen LogP contribution in [0.15, 0.2) is 35.7 Å². The monoisotopic (exact) mass is 275 g/mol. The van der Waals surface area contributed by atoms with Crippen LogP contribution in [0.5, 0.6) is 11.5 Å². The SMILES string of the molecule is COc1ccc(NC(c2cccs2)C2CC2)cc1O. The molecule has 3 rings (SSSR count). The molecule has 1 aromatic heterocycles. The van der Waals surface area contributed by atoms with Gasteiger partial charge >= 0.3 is 0 Å². The Morgan fingerprint density at radius 2 is 2.21 bits per heavy atom. The highest BCUT2D eigenvalue weighted by Crippen LogP contribution is 2.44. The second-order valence-corrected chi connectivity index (χ2v) is 5.84. The molecule has 2 aromatic rings. The number of ether oxygens (including phenoxy) is 1. The van der Waals surface area contributed by atoms with Gasteiger partial charge in [0.15, 0.2) is 11.5 Å². The van der Waals surface area contributed by atoms with Crippen molar-refractivity contribution in [2.75, 3.05) is 12.4 Å². The van der Waals surface area contributed by atoms with Gasteiger partial charge in [0.25, 0.3) is 0 Å². The van der Waals surface area contributed by atoms with Crippen molar-refractivity contribution in [3.63, 3.8) is 0 Å². The standard InChI is InChI=1S/C15H17NO2S/c1-18-13-7-6-11(9-12(13)17)16-15(10-4-5-10)14-3-2-8-19-14/h2-3,6-10,15-17H,4-5H2,1H3. The Morgan fingerprint density at radius 1 is 1.37 bits per heavy atom. The van der Waals surface area contributed by atoms with Gasteiger partial charge in [-0.2, -0.15) is 0 Å². The minimum Gasteiger partial charge on any atom is -0.504 e. The summed E-state index contributed by atoms with van der Waals surface area (Å²) < 4.78 is 5.06. The Balaban J connectivity index is 1.80. The molecule has 1 aliphatic carbocycles. The summed E-state index contributed by atoms with van der Waals surface area (Å²) >= 11 is 1.78. The van der Waals surface area contributed by atoms with Crippen LogP contribution in [0.2, 0.25) is 0 Å². The molecule has 1 saturated carbocycles. The van der Waals surface area contributed by atoms with Crippen molar-refractivity contribution in [3.05, 3.63) is 40.6 Å². The number of nitrogens with one attached hydrogen (secondary N) is 1. The van der Waals surface area contributed by atoms with Gasteiger partial charge in [-0.15, -0.1) is 11.3 Å². The fourth-order valence-corrected chi connectivity index (χ4v) is 3.15. The van der Waals surface area contributed by atoms with E-state index in [0.717, 1.165) is 5.69 Å². The minimum absolute atomic E-state index is 0.174. The molecule has 0 saturated heterocycles. The van der Waals surface area contributed by atoms with E-state index in [1.807, 2.05) is 6.07 Å². The zero-order valence-electron chi connectivity index (χ0n) is 10.8. The molecule has 0 aliphatic heterocycles. The second-order valence-electron chi connectivity index (χ2n) is 4.86. The number of phenols is 1. The highest BCUT2D eigenvalue weighted by Gasteiger charge is 2.32. The van der Waals surface area contributed by atoms with Crippen LogP contribution >= 0.6 is 11.3 Å². The van der Waals surface area contributed by atoms with Crippen LogP contribution in [0.4, 0.5) is 5.69 Å². The first-order valence-corrected chi connectivity index (χ1v) is 7.33. The number of thiophene rings is 1. The topological polar surface area (TPSA) is 41.5 Å². The molecular weight excluding hydrogens is 258 g/mol. The summed E-state index contributed by atoms with van der Waals surface area (Å²) in [6.45, 7) is 0. The maximum atomic E-state index is 9.83. The average Bonchev–Trinajstić information content (AvgIpc) is 3.11. The van der Waals surface area contributed by atoms with Crippen LogP contribution < -0.4 is 10.1 Å². The lowest BCUT2D eigenvalue weighted by Gasteiger charge is -2.18. The normalized spacial score (nSPS) is 16.1. The smallest absolute Gasteiger partial charge is 0.160 e. The summed E-state index contributed by atoms with van der Waals surface area (Å²) in [5.74, 6) is 1.39. The quantitative estimate of drug-likeness (QED) is 0.865. The molecular formula is C15H17NO2S. The number of phenolic OH excluding ortho intramolecular Hbond substituents is 1. The van der Waals surface area contributed by atoms with Crippen molar-refractivity contribution >= 4 is 17.0 Å². The molecule has 19 heavy (non-hydrogen) atoms. The van der Waals surface area contributed by atoms with Gasteiger partial charge in [-0.25, -0.2) is 0 Å². The highest BCUT2D eigenvalue weighted by atomic mass is 32.1. The number of methoxy groups -OCH3 is 1. The Kier molecular flexibility index (Phi) is 3.34. The number of hydrogen-bond acceptors (Lipinski definition) is 4. The first-order valence-electron chi connectivity index (χ1n) is 6.45. The number of rotatable bonds is 5. The third-order valence-corrected chi connectivity index (χ3v) is 4.40. The van der Waals surface area contributed by atoms with E-state index in [-0.39, 0.29) is 5.75 Å². The Hall–Kier alpha value is -1.68. The van der Waals surface area contributed by atoms with E-state index in [1.165, 1.54) is 17.7 Å². The van der Waals surface area contributed by atoms with Crippen molar-refractivity contribution in [1.82, 2.24) is 0 Å². The van der Waals surface area contributed by atoms with Crippen molar-refractivity contribution in [2.45, 2.75) is 18.9 Å².